The van der Waals surface area contributed by atoms with Crippen molar-refractivity contribution in [3.8, 4) is 0 Å². The quantitative estimate of drug-likeness (QED) is 0.823. The van der Waals surface area contributed by atoms with Gasteiger partial charge in [-0.05, 0) is 56.5 Å². The smallest absolute Gasteiger partial charge is 0.264 e. The average molecular weight is 388 g/mol. The summed E-state index contributed by atoms with van der Waals surface area (Å²) >= 11 is 0. The first kappa shape index (κ1) is 19.4. The Kier molecular flexibility index (Phi) is 5.26. The second kappa shape index (κ2) is 7.32. The lowest BCUT2D eigenvalue weighted by Gasteiger charge is -2.30. The van der Waals surface area contributed by atoms with Gasteiger partial charge in [0.15, 0.2) is 0 Å². The molecule has 1 amide bonds. The van der Waals surface area contributed by atoms with Crippen LogP contribution in [0, 0.1) is 0 Å². The molecule has 3 rings (SSSR count). The molecule has 3 N–H and O–H groups in total. The van der Waals surface area contributed by atoms with E-state index in [-0.39, 0.29) is 17.3 Å². The van der Waals surface area contributed by atoms with E-state index in [1.54, 1.807) is 12.1 Å². The number of hydrogen-bond acceptors (Lipinski definition) is 4. The number of nitrogens with two attached hydrogens (primary N) is 1. The number of rotatable bonds is 5. The molecule has 0 saturated carbocycles. The fourth-order valence-electron chi connectivity index (χ4n) is 3.10. The SMILES string of the molecule is CC(C)(CN)NC(=O)c1cccc(S(=O)(=O)N2CCCc3ccccc32)c1. The number of anilines is 1. The number of amides is 1. The molecule has 0 saturated heterocycles. The molecule has 2 aromatic carbocycles. The van der Waals surface area contributed by atoms with Crippen molar-refractivity contribution in [2.24, 2.45) is 5.73 Å². The van der Waals surface area contributed by atoms with Crippen molar-refractivity contribution in [2.75, 3.05) is 17.4 Å². The van der Waals surface area contributed by atoms with Crippen molar-refractivity contribution in [2.45, 2.75) is 37.1 Å². The number of nitrogens with zero attached hydrogens (tertiary/aromatic N) is 1. The van der Waals surface area contributed by atoms with Gasteiger partial charge in [0.1, 0.15) is 0 Å². The standard InChI is InChI=1S/C20H25N3O3S/c1-20(2,14-21)22-19(24)16-8-5-10-17(13-16)27(25,26)23-12-6-9-15-7-3-4-11-18(15)23/h3-5,7-8,10-11,13H,6,9,12,14,21H2,1-2H3,(H,22,24). The number of sulfonamides is 1. The number of nitrogens with one attached hydrogen (secondary N) is 1. The van der Waals surface area contributed by atoms with Crippen LogP contribution in [0.25, 0.3) is 0 Å². The molecular formula is C20H25N3O3S. The van der Waals surface area contributed by atoms with Crippen LogP contribution in [-0.2, 0) is 16.4 Å². The Hall–Kier alpha value is -2.38. The van der Waals surface area contributed by atoms with E-state index in [2.05, 4.69) is 5.32 Å². The third-order valence-corrected chi connectivity index (χ3v) is 6.52. The number of benzene rings is 2. The van der Waals surface area contributed by atoms with Gasteiger partial charge in [0.2, 0.25) is 0 Å². The predicted octanol–water partition coefficient (Wildman–Crippen LogP) is 2.30. The fourth-order valence-corrected chi connectivity index (χ4v) is 4.69. The number of para-hydroxylation sites is 1. The summed E-state index contributed by atoms with van der Waals surface area (Å²) in [5, 5.41) is 2.82. The number of hydrogen-bond donors (Lipinski definition) is 2. The maximum absolute atomic E-state index is 13.2. The zero-order chi connectivity index (χ0) is 19.7. The maximum atomic E-state index is 13.2. The summed E-state index contributed by atoms with van der Waals surface area (Å²) in [5.41, 5.74) is 7.11. The molecule has 1 heterocycles. The van der Waals surface area contributed by atoms with Crippen molar-refractivity contribution >= 4 is 21.6 Å². The lowest BCUT2D eigenvalue weighted by molar-refractivity contribution is 0.0915. The minimum Gasteiger partial charge on any atom is -0.346 e. The molecule has 0 bridgehead atoms. The highest BCUT2D eigenvalue weighted by Gasteiger charge is 2.29. The minimum atomic E-state index is -3.75. The van der Waals surface area contributed by atoms with Gasteiger partial charge in [-0.3, -0.25) is 9.10 Å². The van der Waals surface area contributed by atoms with Crippen LogP contribution in [0.5, 0.6) is 0 Å². The maximum Gasteiger partial charge on any atom is 0.264 e. The lowest BCUT2D eigenvalue weighted by Crippen LogP contribution is -2.48. The van der Waals surface area contributed by atoms with Gasteiger partial charge in [-0.25, -0.2) is 8.42 Å². The van der Waals surface area contributed by atoms with Crippen LogP contribution < -0.4 is 15.4 Å². The third kappa shape index (κ3) is 3.99. The van der Waals surface area contributed by atoms with Crippen LogP contribution in [-0.4, -0.2) is 33.0 Å². The zero-order valence-corrected chi connectivity index (χ0v) is 16.4. The molecule has 6 nitrogen and oxygen atoms in total. The average Bonchev–Trinajstić information content (AvgIpc) is 2.67. The summed E-state index contributed by atoms with van der Waals surface area (Å²) < 4.78 is 27.9. The predicted molar refractivity (Wildman–Crippen MR) is 106 cm³/mol. The van der Waals surface area contributed by atoms with Gasteiger partial charge in [0.05, 0.1) is 10.6 Å². The van der Waals surface area contributed by atoms with Crippen molar-refractivity contribution < 1.29 is 13.2 Å². The lowest BCUT2D eigenvalue weighted by atomic mass is 10.0. The van der Waals surface area contributed by atoms with E-state index in [1.807, 2.05) is 38.1 Å². The molecule has 0 radical (unpaired) electrons. The van der Waals surface area contributed by atoms with Gasteiger partial charge in [0, 0.05) is 24.2 Å². The highest BCUT2D eigenvalue weighted by Crippen LogP contribution is 2.31. The Bertz CT molecular complexity index is 954. The number of carbonyl (C=O) groups excluding carboxylic acids is 1. The molecule has 0 unspecified atom stereocenters. The zero-order valence-electron chi connectivity index (χ0n) is 15.6. The van der Waals surface area contributed by atoms with E-state index in [4.69, 9.17) is 5.73 Å². The molecule has 2 aromatic rings. The summed E-state index contributed by atoms with van der Waals surface area (Å²) in [6, 6.07) is 13.7. The molecule has 0 aromatic heterocycles. The molecule has 0 fully saturated rings. The Morgan fingerprint density at radius 1 is 1.19 bits per heavy atom. The van der Waals surface area contributed by atoms with Crippen molar-refractivity contribution in [3.05, 3.63) is 59.7 Å². The van der Waals surface area contributed by atoms with Crippen LogP contribution in [0.15, 0.2) is 53.4 Å². The fraction of sp³-hybridized carbons (Fsp3) is 0.350. The highest BCUT2D eigenvalue weighted by atomic mass is 32.2. The molecule has 0 spiro atoms. The number of aryl methyl sites for hydroxylation is 1. The van der Waals surface area contributed by atoms with Crippen LogP contribution in [0.1, 0.15) is 36.2 Å². The second-order valence-corrected chi connectivity index (χ2v) is 9.24. The third-order valence-electron chi connectivity index (χ3n) is 4.71. The van der Waals surface area contributed by atoms with Crippen molar-refractivity contribution in [1.29, 1.82) is 0 Å². The summed E-state index contributed by atoms with van der Waals surface area (Å²) in [7, 11) is -3.75. The first-order chi connectivity index (χ1) is 12.7. The Labute approximate surface area is 160 Å². The first-order valence-electron chi connectivity index (χ1n) is 8.98. The van der Waals surface area contributed by atoms with Gasteiger partial charge in [-0.2, -0.15) is 0 Å². The monoisotopic (exact) mass is 387 g/mol. The van der Waals surface area contributed by atoms with E-state index in [0.29, 0.717) is 17.8 Å². The normalized spacial score (nSPS) is 14.6. The topological polar surface area (TPSA) is 92.5 Å². The van der Waals surface area contributed by atoms with Crippen molar-refractivity contribution in [3.63, 3.8) is 0 Å². The molecule has 0 aliphatic carbocycles. The van der Waals surface area contributed by atoms with E-state index < -0.39 is 15.6 Å². The minimum absolute atomic E-state index is 0.109. The summed E-state index contributed by atoms with van der Waals surface area (Å²) in [4.78, 5) is 12.6. The van der Waals surface area contributed by atoms with Crippen LogP contribution in [0.3, 0.4) is 0 Å². The summed E-state index contributed by atoms with van der Waals surface area (Å²) in [5.74, 6) is -0.346. The Balaban J connectivity index is 1.94. The van der Waals surface area contributed by atoms with Gasteiger partial charge in [-0.15, -0.1) is 0 Å². The second-order valence-electron chi connectivity index (χ2n) is 7.38. The van der Waals surface area contributed by atoms with Gasteiger partial charge >= 0.3 is 0 Å². The van der Waals surface area contributed by atoms with E-state index in [0.717, 1.165) is 18.4 Å². The van der Waals surface area contributed by atoms with E-state index >= 15 is 0 Å². The Morgan fingerprint density at radius 2 is 1.93 bits per heavy atom. The van der Waals surface area contributed by atoms with Crippen LogP contribution >= 0.6 is 0 Å². The van der Waals surface area contributed by atoms with E-state index in [1.165, 1.54) is 16.4 Å². The molecule has 1 aliphatic heterocycles. The van der Waals surface area contributed by atoms with Crippen LogP contribution in [0.4, 0.5) is 5.69 Å². The van der Waals surface area contributed by atoms with Gasteiger partial charge in [-0.1, -0.05) is 24.3 Å². The molecule has 1 aliphatic rings. The molecule has 144 valence electrons. The molecule has 0 atom stereocenters. The molecule has 27 heavy (non-hydrogen) atoms. The van der Waals surface area contributed by atoms with E-state index in [9.17, 15) is 13.2 Å². The number of fused-ring (bicyclic) bond motifs is 1. The summed E-state index contributed by atoms with van der Waals surface area (Å²) in [6.45, 7) is 4.34. The van der Waals surface area contributed by atoms with Crippen molar-refractivity contribution in [1.82, 2.24) is 5.32 Å². The van der Waals surface area contributed by atoms with Gasteiger partial charge < -0.3 is 11.1 Å². The Morgan fingerprint density at radius 3 is 2.67 bits per heavy atom. The molecule has 7 heteroatoms. The number of carbonyl (C=O) groups is 1. The largest absolute Gasteiger partial charge is 0.346 e. The first-order valence-corrected chi connectivity index (χ1v) is 10.4. The highest BCUT2D eigenvalue weighted by molar-refractivity contribution is 7.92. The van der Waals surface area contributed by atoms with Gasteiger partial charge in [0.25, 0.3) is 15.9 Å². The van der Waals surface area contributed by atoms with Crippen LogP contribution in [0.2, 0.25) is 0 Å². The molecular weight excluding hydrogens is 362 g/mol. The summed E-state index contributed by atoms with van der Waals surface area (Å²) in [6.07, 6.45) is 1.62.